The molecule has 1 aliphatic rings. The summed E-state index contributed by atoms with van der Waals surface area (Å²) in [5.41, 5.74) is 0. The minimum Gasteiger partial charge on any atom is -0.352 e. The number of hydrogen-bond donors (Lipinski definition) is 1. The number of aromatic nitrogens is 3. The van der Waals surface area contributed by atoms with E-state index in [9.17, 15) is 0 Å². The second kappa shape index (κ2) is 7.22. The van der Waals surface area contributed by atoms with Gasteiger partial charge in [-0.1, -0.05) is 0 Å². The summed E-state index contributed by atoms with van der Waals surface area (Å²) in [6.45, 7) is 8.83. The van der Waals surface area contributed by atoms with E-state index in [1.54, 1.807) is 0 Å². The van der Waals surface area contributed by atoms with E-state index in [1.165, 1.54) is 12.8 Å². The van der Waals surface area contributed by atoms with E-state index in [2.05, 4.69) is 57.9 Å². The summed E-state index contributed by atoms with van der Waals surface area (Å²) in [6.07, 6.45) is 2.62. The van der Waals surface area contributed by atoms with Gasteiger partial charge in [0.1, 0.15) is 0 Å². The molecule has 1 aromatic heterocycles. The Hall–Kier alpha value is -1.14. The second-order valence-electron chi connectivity index (χ2n) is 5.53. The first-order valence-electron chi connectivity index (χ1n) is 7.67. The smallest absolute Gasteiger partial charge is 0.231 e. The predicted molar refractivity (Wildman–Crippen MR) is 87.1 cm³/mol. The van der Waals surface area contributed by atoms with Crippen LogP contribution in [0.25, 0.3) is 0 Å². The van der Waals surface area contributed by atoms with Gasteiger partial charge in [-0.25, -0.2) is 0 Å². The highest BCUT2D eigenvalue weighted by Crippen LogP contribution is 2.26. The van der Waals surface area contributed by atoms with E-state index in [1.807, 2.05) is 0 Å². The molecule has 0 bridgehead atoms. The highest BCUT2D eigenvalue weighted by atomic mass is 35.5. The molecule has 0 saturated heterocycles. The molecule has 0 radical (unpaired) electrons. The van der Waals surface area contributed by atoms with Crippen molar-refractivity contribution in [2.75, 3.05) is 36.9 Å². The Kier molecular flexibility index (Phi) is 5.58. The molecule has 7 heteroatoms. The fourth-order valence-electron chi connectivity index (χ4n) is 2.29. The molecule has 118 valence electrons. The van der Waals surface area contributed by atoms with Crippen molar-refractivity contribution >= 4 is 23.5 Å². The van der Waals surface area contributed by atoms with Gasteiger partial charge < -0.3 is 10.2 Å². The maximum absolute atomic E-state index is 6.01. The van der Waals surface area contributed by atoms with Gasteiger partial charge in [0.25, 0.3) is 0 Å². The average molecular weight is 313 g/mol. The van der Waals surface area contributed by atoms with Crippen molar-refractivity contribution in [2.45, 2.75) is 45.7 Å². The van der Waals surface area contributed by atoms with E-state index in [-0.39, 0.29) is 5.28 Å². The minimum atomic E-state index is 0.234. The first kappa shape index (κ1) is 16.2. The lowest BCUT2D eigenvalue weighted by Crippen LogP contribution is -2.36. The molecule has 0 aliphatic heterocycles. The monoisotopic (exact) mass is 312 g/mol. The van der Waals surface area contributed by atoms with Crippen LogP contribution in [0.2, 0.25) is 5.28 Å². The quantitative estimate of drug-likeness (QED) is 0.794. The molecule has 2 rings (SSSR count). The van der Waals surface area contributed by atoms with Gasteiger partial charge in [-0.3, -0.25) is 4.90 Å². The van der Waals surface area contributed by atoms with Crippen molar-refractivity contribution in [2.24, 2.45) is 0 Å². The van der Waals surface area contributed by atoms with Crippen molar-refractivity contribution in [3.05, 3.63) is 5.28 Å². The number of rotatable bonds is 8. The van der Waals surface area contributed by atoms with Crippen LogP contribution in [0.1, 0.15) is 33.6 Å². The maximum Gasteiger partial charge on any atom is 0.231 e. The van der Waals surface area contributed by atoms with E-state index < -0.39 is 0 Å². The van der Waals surface area contributed by atoms with Gasteiger partial charge in [-0.05, 0) is 52.3 Å². The van der Waals surface area contributed by atoms with Crippen LogP contribution < -0.4 is 10.2 Å². The largest absolute Gasteiger partial charge is 0.352 e. The Morgan fingerprint density at radius 1 is 1.24 bits per heavy atom. The summed E-state index contributed by atoms with van der Waals surface area (Å²) in [4.78, 5) is 17.3. The van der Waals surface area contributed by atoms with Crippen molar-refractivity contribution in [1.82, 2.24) is 19.9 Å². The van der Waals surface area contributed by atoms with Crippen LogP contribution >= 0.6 is 11.6 Å². The number of nitrogens with zero attached hydrogens (tertiary/aromatic N) is 5. The van der Waals surface area contributed by atoms with Gasteiger partial charge in [-0.2, -0.15) is 15.0 Å². The fraction of sp³-hybridized carbons (Fsp3) is 0.786. The lowest BCUT2D eigenvalue weighted by Gasteiger charge is -2.25. The summed E-state index contributed by atoms with van der Waals surface area (Å²) < 4.78 is 0. The number of hydrogen-bond acceptors (Lipinski definition) is 6. The van der Waals surface area contributed by atoms with Crippen molar-refractivity contribution < 1.29 is 0 Å². The van der Waals surface area contributed by atoms with Gasteiger partial charge in [0.15, 0.2) is 0 Å². The second-order valence-corrected chi connectivity index (χ2v) is 5.86. The van der Waals surface area contributed by atoms with Crippen molar-refractivity contribution in [1.29, 1.82) is 0 Å². The average Bonchev–Trinajstić information content (AvgIpc) is 3.29. The molecule has 1 heterocycles. The number of halogens is 1. The Morgan fingerprint density at radius 3 is 2.48 bits per heavy atom. The zero-order chi connectivity index (χ0) is 15.4. The third-order valence-corrected chi connectivity index (χ3v) is 4.19. The zero-order valence-electron chi connectivity index (χ0n) is 13.3. The third kappa shape index (κ3) is 4.41. The molecular weight excluding hydrogens is 288 g/mol. The molecule has 1 unspecified atom stereocenters. The van der Waals surface area contributed by atoms with Crippen LogP contribution in [-0.4, -0.2) is 58.6 Å². The number of anilines is 2. The standard InChI is InChI=1S/C14H25ClN6/c1-5-21(6-2)14-18-12(15)17-13(19-14)16-9-10(3)20(4)11-7-8-11/h10-11H,5-9H2,1-4H3,(H,16,17,18,19). The van der Waals surface area contributed by atoms with E-state index in [4.69, 9.17) is 11.6 Å². The van der Waals surface area contributed by atoms with Gasteiger partial charge >= 0.3 is 0 Å². The SMILES string of the molecule is CCN(CC)c1nc(Cl)nc(NCC(C)N(C)C2CC2)n1. The molecular formula is C14H25ClN6. The molecule has 1 saturated carbocycles. The molecule has 0 amide bonds. The van der Waals surface area contributed by atoms with Crippen LogP contribution in [0.3, 0.4) is 0 Å². The summed E-state index contributed by atoms with van der Waals surface area (Å²) in [5.74, 6) is 1.18. The summed E-state index contributed by atoms with van der Waals surface area (Å²) in [5, 5.41) is 3.51. The highest BCUT2D eigenvalue weighted by Gasteiger charge is 2.29. The molecule has 21 heavy (non-hydrogen) atoms. The lowest BCUT2D eigenvalue weighted by atomic mass is 10.3. The molecule has 1 atom stereocenters. The van der Waals surface area contributed by atoms with Gasteiger partial charge in [0, 0.05) is 31.7 Å². The summed E-state index contributed by atoms with van der Waals surface area (Å²) >= 11 is 6.01. The van der Waals surface area contributed by atoms with E-state index in [0.717, 1.165) is 25.7 Å². The molecule has 0 aromatic carbocycles. The van der Waals surface area contributed by atoms with Crippen LogP contribution in [0, 0.1) is 0 Å². The highest BCUT2D eigenvalue weighted by molar-refractivity contribution is 6.28. The fourth-order valence-corrected chi connectivity index (χ4v) is 2.45. The zero-order valence-corrected chi connectivity index (χ0v) is 14.1. The Labute approximate surface area is 131 Å². The molecule has 6 nitrogen and oxygen atoms in total. The number of likely N-dealkylation sites (N-methyl/N-ethyl adjacent to an activating group) is 1. The van der Waals surface area contributed by atoms with Gasteiger partial charge in [-0.15, -0.1) is 0 Å². The van der Waals surface area contributed by atoms with Crippen molar-refractivity contribution in [3.63, 3.8) is 0 Å². The normalized spacial score (nSPS) is 16.1. The van der Waals surface area contributed by atoms with Gasteiger partial charge in [0.2, 0.25) is 17.2 Å². The maximum atomic E-state index is 6.01. The molecule has 1 fully saturated rings. The van der Waals surface area contributed by atoms with Crippen molar-refractivity contribution in [3.8, 4) is 0 Å². The summed E-state index contributed by atoms with van der Waals surface area (Å²) in [6, 6.07) is 1.18. The van der Waals surface area contributed by atoms with Crippen LogP contribution in [-0.2, 0) is 0 Å². The minimum absolute atomic E-state index is 0.234. The molecule has 0 spiro atoms. The summed E-state index contributed by atoms with van der Waals surface area (Å²) in [7, 11) is 2.17. The Bertz CT molecular complexity index is 461. The van der Waals surface area contributed by atoms with Crippen LogP contribution in [0.4, 0.5) is 11.9 Å². The lowest BCUT2D eigenvalue weighted by molar-refractivity contribution is 0.257. The van der Waals surface area contributed by atoms with E-state index in [0.29, 0.717) is 17.9 Å². The topological polar surface area (TPSA) is 57.2 Å². The van der Waals surface area contributed by atoms with Crippen LogP contribution in [0.15, 0.2) is 0 Å². The molecule has 1 aliphatic carbocycles. The third-order valence-electron chi connectivity index (χ3n) is 4.02. The predicted octanol–water partition coefficient (Wildman–Crippen LogP) is 2.27. The van der Waals surface area contributed by atoms with Crippen LogP contribution in [0.5, 0.6) is 0 Å². The first-order chi connectivity index (χ1) is 10.0. The molecule has 1 aromatic rings. The number of nitrogens with one attached hydrogen (secondary N) is 1. The Morgan fingerprint density at radius 2 is 1.90 bits per heavy atom. The first-order valence-corrected chi connectivity index (χ1v) is 8.05. The van der Waals surface area contributed by atoms with E-state index >= 15 is 0 Å². The molecule has 1 N–H and O–H groups in total. The Balaban J connectivity index is 1.98. The van der Waals surface area contributed by atoms with Gasteiger partial charge in [0.05, 0.1) is 0 Å².